The van der Waals surface area contributed by atoms with Crippen molar-refractivity contribution < 1.29 is 9.53 Å². The Morgan fingerprint density at radius 2 is 1.89 bits per heavy atom. The Balaban J connectivity index is 1.90. The summed E-state index contributed by atoms with van der Waals surface area (Å²) in [5, 5.41) is 7.26. The highest BCUT2D eigenvalue weighted by molar-refractivity contribution is 5.93. The number of aromatic nitrogens is 2. The van der Waals surface area contributed by atoms with Gasteiger partial charge in [0.05, 0.1) is 12.8 Å². The molecule has 1 aromatic heterocycles. The van der Waals surface area contributed by atoms with Gasteiger partial charge in [-0.15, -0.1) is 0 Å². The molecule has 28 heavy (non-hydrogen) atoms. The van der Waals surface area contributed by atoms with Crippen LogP contribution in [0.25, 0.3) is 11.3 Å². The first-order chi connectivity index (χ1) is 13.4. The molecule has 144 valence electrons. The maximum Gasteiger partial charge on any atom is 0.267 e. The van der Waals surface area contributed by atoms with Gasteiger partial charge in [0.15, 0.2) is 0 Å². The lowest BCUT2D eigenvalue weighted by Crippen LogP contribution is -2.33. The molecule has 0 radical (unpaired) electrons. The maximum absolute atomic E-state index is 12.7. The van der Waals surface area contributed by atoms with Crippen LogP contribution in [0.2, 0.25) is 0 Å². The van der Waals surface area contributed by atoms with Crippen LogP contribution in [0, 0.1) is 13.8 Å². The molecule has 1 amide bonds. The lowest BCUT2D eigenvalue weighted by molar-refractivity contribution is -0.119. The van der Waals surface area contributed by atoms with Crippen molar-refractivity contribution in [3.8, 4) is 17.0 Å². The quantitative estimate of drug-likeness (QED) is 0.735. The molecule has 0 bridgehead atoms. The van der Waals surface area contributed by atoms with Gasteiger partial charge in [0.1, 0.15) is 11.8 Å². The van der Waals surface area contributed by atoms with Gasteiger partial charge >= 0.3 is 0 Å². The fourth-order valence-electron chi connectivity index (χ4n) is 2.92. The minimum atomic E-state index is -0.774. The standard InChI is InChI=1S/C22H23N3O3/c1-14-8-9-15(2)19(12-14)20-10-11-21(26)25(24-20)16(3)22(27)23-17-6-5-7-18(13-17)28-4/h5-13,16H,1-4H3,(H,23,27)/t16-/m1/s1. The summed E-state index contributed by atoms with van der Waals surface area (Å²) < 4.78 is 6.38. The summed E-state index contributed by atoms with van der Waals surface area (Å²) in [5.41, 5.74) is 4.01. The van der Waals surface area contributed by atoms with Crippen molar-refractivity contribution in [1.82, 2.24) is 9.78 Å². The van der Waals surface area contributed by atoms with E-state index in [2.05, 4.69) is 10.4 Å². The van der Waals surface area contributed by atoms with Crippen LogP contribution in [0.1, 0.15) is 24.1 Å². The number of aryl methyl sites for hydroxylation is 2. The third kappa shape index (κ3) is 4.11. The Morgan fingerprint density at radius 1 is 1.11 bits per heavy atom. The molecule has 0 aliphatic rings. The summed E-state index contributed by atoms with van der Waals surface area (Å²) in [6, 6.07) is 15.5. The lowest BCUT2D eigenvalue weighted by Gasteiger charge is -2.16. The van der Waals surface area contributed by atoms with Gasteiger partial charge in [0.2, 0.25) is 5.91 Å². The van der Waals surface area contributed by atoms with Gasteiger partial charge in [-0.25, -0.2) is 4.68 Å². The molecule has 0 unspecified atom stereocenters. The topological polar surface area (TPSA) is 73.2 Å². The molecule has 0 aliphatic carbocycles. The molecule has 0 saturated carbocycles. The summed E-state index contributed by atoms with van der Waals surface area (Å²) >= 11 is 0. The van der Waals surface area contributed by atoms with Crippen molar-refractivity contribution in [2.24, 2.45) is 0 Å². The van der Waals surface area contributed by atoms with E-state index in [-0.39, 0.29) is 11.5 Å². The molecule has 6 nitrogen and oxygen atoms in total. The molecule has 0 fully saturated rings. The van der Waals surface area contributed by atoms with Crippen LogP contribution in [-0.2, 0) is 4.79 Å². The van der Waals surface area contributed by atoms with E-state index < -0.39 is 6.04 Å². The van der Waals surface area contributed by atoms with Crippen molar-refractivity contribution in [3.63, 3.8) is 0 Å². The molecular formula is C22H23N3O3. The number of benzene rings is 2. The Labute approximate surface area is 163 Å². The number of ether oxygens (including phenoxy) is 1. The molecular weight excluding hydrogens is 354 g/mol. The van der Waals surface area contributed by atoms with Crippen LogP contribution in [0.5, 0.6) is 5.75 Å². The summed E-state index contributed by atoms with van der Waals surface area (Å²) in [6.45, 7) is 5.64. The number of carbonyl (C=O) groups excluding carboxylic acids is 1. The van der Waals surface area contributed by atoms with Crippen molar-refractivity contribution in [2.45, 2.75) is 26.8 Å². The van der Waals surface area contributed by atoms with Crippen molar-refractivity contribution in [1.29, 1.82) is 0 Å². The first kappa shape index (κ1) is 19.4. The molecule has 1 heterocycles. The number of nitrogens with zero attached hydrogens (tertiary/aromatic N) is 2. The number of methoxy groups -OCH3 is 1. The number of hydrogen-bond acceptors (Lipinski definition) is 4. The fraction of sp³-hybridized carbons (Fsp3) is 0.227. The average molecular weight is 377 g/mol. The molecule has 0 saturated heterocycles. The second kappa shape index (κ2) is 8.08. The second-order valence-corrected chi connectivity index (χ2v) is 6.72. The largest absolute Gasteiger partial charge is 0.497 e. The SMILES string of the molecule is COc1cccc(NC(=O)[C@@H](C)n2nc(-c3cc(C)ccc3C)ccc2=O)c1. The molecule has 3 aromatic rings. The highest BCUT2D eigenvalue weighted by Crippen LogP contribution is 2.22. The minimum absolute atomic E-state index is 0.331. The Hall–Kier alpha value is -3.41. The van der Waals surface area contributed by atoms with E-state index in [9.17, 15) is 9.59 Å². The summed E-state index contributed by atoms with van der Waals surface area (Å²) in [7, 11) is 1.56. The molecule has 2 aromatic carbocycles. The van der Waals surface area contributed by atoms with E-state index >= 15 is 0 Å². The zero-order valence-electron chi connectivity index (χ0n) is 16.4. The molecule has 0 aliphatic heterocycles. The molecule has 1 atom stereocenters. The van der Waals surface area contributed by atoms with E-state index in [4.69, 9.17) is 4.74 Å². The van der Waals surface area contributed by atoms with Gasteiger partial charge < -0.3 is 10.1 Å². The predicted molar refractivity (Wildman–Crippen MR) is 110 cm³/mol. The average Bonchev–Trinajstić information content (AvgIpc) is 2.70. The highest BCUT2D eigenvalue weighted by atomic mass is 16.5. The normalized spacial score (nSPS) is 11.7. The summed E-state index contributed by atoms with van der Waals surface area (Å²) in [4.78, 5) is 25.0. The van der Waals surface area contributed by atoms with Crippen LogP contribution in [-0.4, -0.2) is 22.8 Å². The van der Waals surface area contributed by atoms with E-state index in [0.29, 0.717) is 17.1 Å². The third-order valence-electron chi connectivity index (χ3n) is 4.58. The summed E-state index contributed by atoms with van der Waals surface area (Å²) in [6.07, 6.45) is 0. The Morgan fingerprint density at radius 3 is 2.64 bits per heavy atom. The Kier molecular flexibility index (Phi) is 5.59. The summed E-state index contributed by atoms with van der Waals surface area (Å²) in [5.74, 6) is 0.304. The van der Waals surface area contributed by atoms with Crippen molar-refractivity contribution >= 4 is 11.6 Å². The monoisotopic (exact) mass is 377 g/mol. The number of anilines is 1. The molecule has 3 rings (SSSR count). The molecule has 0 spiro atoms. The van der Waals surface area contributed by atoms with Crippen LogP contribution < -0.4 is 15.6 Å². The zero-order valence-corrected chi connectivity index (χ0v) is 16.4. The van der Waals surface area contributed by atoms with Crippen LogP contribution in [0.15, 0.2) is 59.4 Å². The number of hydrogen-bond donors (Lipinski definition) is 1. The zero-order chi connectivity index (χ0) is 20.3. The van der Waals surface area contributed by atoms with Gasteiger partial charge in [-0.2, -0.15) is 5.10 Å². The van der Waals surface area contributed by atoms with E-state index in [1.165, 1.54) is 10.7 Å². The minimum Gasteiger partial charge on any atom is -0.497 e. The highest BCUT2D eigenvalue weighted by Gasteiger charge is 2.19. The predicted octanol–water partition coefficient (Wildman–Crippen LogP) is 3.74. The molecule has 6 heteroatoms. The van der Waals surface area contributed by atoms with E-state index in [1.54, 1.807) is 44.4 Å². The maximum atomic E-state index is 12.7. The van der Waals surface area contributed by atoms with E-state index in [0.717, 1.165) is 16.7 Å². The van der Waals surface area contributed by atoms with Crippen molar-refractivity contribution in [2.75, 3.05) is 12.4 Å². The number of carbonyl (C=O) groups is 1. The van der Waals surface area contributed by atoms with Crippen molar-refractivity contribution in [3.05, 3.63) is 76.1 Å². The van der Waals surface area contributed by atoms with E-state index in [1.807, 2.05) is 32.0 Å². The number of nitrogens with one attached hydrogen (secondary N) is 1. The molecule has 1 N–H and O–H groups in total. The third-order valence-corrected chi connectivity index (χ3v) is 4.58. The van der Waals surface area contributed by atoms with Gasteiger partial charge in [-0.1, -0.05) is 23.8 Å². The fourth-order valence-corrected chi connectivity index (χ4v) is 2.92. The van der Waals surface area contributed by atoms with Crippen LogP contribution in [0.4, 0.5) is 5.69 Å². The van der Waals surface area contributed by atoms with Crippen LogP contribution in [0.3, 0.4) is 0 Å². The number of amides is 1. The smallest absolute Gasteiger partial charge is 0.267 e. The van der Waals surface area contributed by atoms with Crippen LogP contribution >= 0.6 is 0 Å². The van der Waals surface area contributed by atoms with Gasteiger partial charge in [-0.05, 0) is 50.6 Å². The lowest BCUT2D eigenvalue weighted by atomic mass is 10.0. The second-order valence-electron chi connectivity index (χ2n) is 6.72. The Bertz CT molecular complexity index is 1070. The first-order valence-corrected chi connectivity index (χ1v) is 9.01. The number of rotatable bonds is 5. The van der Waals surface area contributed by atoms with Gasteiger partial charge in [0.25, 0.3) is 5.56 Å². The van der Waals surface area contributed by atoms with Gasteiger partial charge in [-0.3, -0.25) is 9.59 Å². The first-order valence-electron chi connectivity index (χ1n) is 9.01. The van der Waals surface area contributed by atoms with Gasteiger partial charge in [0, 0.05) is 23.4 Å².